The van der Waals surface area contributed by atoms with Crippen LogP contribution in [0.2, 0.25) is 0 Å². The van der Waals surface area contributed by atoms with Crippen LogP contribution >= 0.6 is 0 Å². The fourth-order valence-electron chi connectivity index (χ4n) is 1.50. The predicted octanol–water partition coefficient (Wildman–Crippen LogP) is 1.46. The van der Waals surface area contributed by atoms with Crippen molar-refractivity contribution in [3.63, 3.8) is 0 Å². The van der Waals surface area contributed by atoms with Crippen molar-refractivity contribution in [3.8, 4) is 0 Å². The molecule has 0 unspecified atom stereocenters. The molecule has 2 nitrogen and oxygen atoms in total. The molecule has 1 rings (SSSR count). The molecular formula is C8H17NO. The molecular weight excluding hydrogens is 126 g/mol. The highest BCUT2D eigenvalue weighted by Crippen LogP contribution is 2.23. The molecule has 0 amide bonds. The largest absolute Gasteiger partial charge is 0.364 e. The van der Waals surface area contributed by atoms with Crippen molar-refractivity contribution >= 4 is 0 Å². The van der Waals surface area contributed by atoms with Gasteiger partial charge in [0.2, 0.25) is 0 Å². The van der Waals surface area contributed by atoms with Gasteiger partial charge >= 0.3 is 0 Å². The third kappa shape index (κ3) is 1.32. The Morgan fingerprint density at radius 3 is 2.20 bits per heavy atom. The lowest BCUT2D eigenvalue weighted by atomic mass is 10.0. The van der Waals surface area contributed by atoms with E-state index in [1.807, 2.05) is 0 Å². The topological polar surface area (TPSA) is 12.5 Å². The summed E-state index contributed by atoms with van der Waals surface area (Å²) in [6.45, 7) is 10.5. The maximum Gasteiger partial charge on any atom is 0.0998 e. The summed E-state index contributed by atoms with van der Waals surface area (Å²) < 4.78 is 5.36. The summed E-state index contributed by atoms with van der Waals surface area (Å²) in [5, 5.41) is 0. The van der Waals surface area contributed by atoms with Crippen molar-refractivity contribution in [1.82, 2.24) is 4.90 Å². The van der Waals surface area contributed by atoms with Gasteiger partial charge < -0.3 is 4.74 Å². The van der Waals surface area contributed by atoms with Crippen LogP contribution in [-0.4, -0.2) is 29.8 Å². The van der Waals surface area contributed by atoms with Gasteiger partial charge in [0.25, 0.3) is 0 Å². The second-order valence-corrected chi connectivity index (χ2v) is 3.85. The zero-order valence-corrected chi connectivity index (χ0v) is 7.35. The number of hydrogen-bond acceptors (Lipinski definition) is 2. The third-order valence-corrected chi connectivity index (χ3v) is 2.09. The quantitative estimate of drug-likeness (QED) is 0.551. The summed E-state index contributed by atoms with van der Waals surface area (Å²) in [4.78, 5) is 2.37. The van der Waals surface area contributed by atoms with E-state index in [1.165, 1.54) is 0 Å². The molecule has 1 saturated heterocycles. The van der Waals surface area contributed by atoms with Gasteiger partial charge in [-0.25, -0.2) is 0 Å². The van der Waals surface area contributed by atoms with E-state index in [9.17, 15) is 0 Å². The Kier molecular flexibility index (Phi) is 2.02. The van der Waals surface area contributed by atoms with E-state index in [-0.39, 0.29) is 5.54 Å². The Balaban J connectivity index is 2.59. The summed E-state index contributed by atoms with van der Waals surface area (Å²) >= 11 is 0. The van der Waals surface area contributed by atoms with Gasteiger partial charge in [-0.2, -0.15) is 0 Å². The van der Waals surface area contributed by atoms with E-state index in [0.29, 0.717) is 6.04 Å². The minimum Gasteiger partial charge on any atom is -0.364 e. The van der Waals surface area contributed by atoms with Gasteiger partial charge in [0.15, 0.2) is 0 Å². The molecule has 0 aromatic carbocycles. The maximum atomic E-state index is 5.36. The fraction of sp³-hybridized carbons (Fsp3) is 1.00. The molecule has 0 aliphatic carbocycles. The summed E-state index contributed by atoms with van der Waals surface area (Å²) in [5.74, 6) is 0. The molecule has 0 bridgehead atoms. The van der Waals surface area contributed by atoms with Crippen molar-refractivity contribution in [2.24, 2.45) is 0 Å². The van der Waals surface area contributed by atoms with Crippen LogP contribution in [0.25, 0.3) is 0 Å². The molecule has 10 heavy (non-hydrogen) atoms. The number of ether oxygens (including phenoxy) is 1. The van der Waals surface area contributed by atoms with Gasteiger partial charge in [-0.3, -0.25) is 4.90 Å². The van der Waals surface area contributed by atoms with Crippen LogP contribution in [0, 0.1) is 0 Å². The first-order chi connectivity index (χ1) is 4.54. The van der Waals surface area contributed by atoms with Gasteiger partial charge in [0.1, 0.15) is 0 Å². The molecule has 0 aromatic rings. The molecule has 0 radical (unpaired) electrons. The fourth-order valence-corrected chi connectivity index (χ4v) is 1.50. The number of nitrogens with zero attached hydrogens (tertiary/aromatic N) is 1. The first-order valence-electron chi connectivity index (χ1n) is 3.88. The SMILES string of the molecule is CC(C)N1COCC1(C)C. The highest BCUT2D eigenvalue weighted by Gasteiger charge is 2.34. The molecule has 1 fully saturated rings. The molecule has 1 aliphatic rings. The molecule has 0 N–H and O–H groups in total. The van der Waals surface area contributed by atoms with E-state index in [0.717, 1.165) is 13.3 Å². The lowest BCUT2D eigenvalue weighted by molar-refractivity contribution is 0.104. The first-order valence-corrected chi connectivity index (χ1v) is 3.88. The van der Waals surface area contributed by atoms with Crippen molar-refractivity contribution in [1.29, 1.82) is 0 Å². The monoisotopic (exact) mass is 143 g/mol. The summed E-state index contributed by atoms with van der Waals surface area (Å²) in [5.41, 5.74) is 0.244. The van der Waals surface area contributed by atoms with Gasteiger partial charge in [-0.15, -0.1) is 0 Å². The normalized spacial score (nSPS) is 26.1. The third-order valence-electron chi connectivity index (χ3n) is 2.09. The zero-order chi connectivity index (χ0) is 7.78. The smallest absolute Gasteiger partial charge is 0.0998 e. The van der Waals surface area contributed by atoms with Crippen LogP contribution < -0.4 is 0 Å². The Morgan fingerprint density at radius 1 is 1.40 bits per heavy atom. The van der Waals surface area contributed by atoms with E-state index < -0.39 is 0 Å². The Bertz CT molecular complexity index is 120. The van der Waals surface area contributed by atoms with Crippen LogP contribution in [0.3, 0.4) is 0 Å². The van der Waals surface area contributed by atoms with Crippen LogP contribution in [0.15, 0.2) is 0 Å². The molecule has 0 saturated carbocycles. The van der Waals surface area contributed by atoms with Crippen LogP contribution in [0.5, 0.6) is 0 Å². The van der Waals surface area contributed by atoms with Gasteiger partial charge in [-0.1, -0.05) is 0 Å². The summed E-state index contributed by atoms with van der Waals surface area (Å²) in [7, 11) is 0. The second kappa shape index (κ2) is 2.51. The van der Waals surface area contributed by atoms with Gasteiger partial charge in [-0.05, 0) is 27.7 Å². The minimum atomic E-state index is 0.244. The van der Waals surface area contributed by atoms with Crippen LogP contribution in [0.1, 0.15) is 27.7 Å². The van der Waals surface area contributed by atoms with E-state index in [2.05, 4.69) is 32.6 Å². The number of hydrogen-bond donors (Lipinski definition) is 0. The lowest BCUT2D eigenvalue weighted by Gasteiger charge is -2.32. The molecule has 0 spiro atoms. The molecule has 0 aromatic heterocycles. The highest BCUT2D eigenvalue weighted by atomic mass is 16.5. The predicted molar refractivity (Wildman–Crippen MR) is 41.9 cm³/mol. The van der Waals surface area contributed by atoms with Crippen molar-refractivity contribution in [2.75, 3.05) is 13.3 Å². The number of rotatable bonds is 1. The van der Waals surface area contributed by atoms with Crippen LogP contribution in [-0.2, 0) is 4.74 Å². The molecule has 1 aliphatic heterocycles. The van der Waals surface area contributed by atoms with Crippen molar-refractivity contribution in [2.45, 2.75) is 39.3 Å². The molecule has 0 atom stereocenters. The Hall–Kier alpha value is -0.0800. The van der Waals surface area contributed by atoms with Gasteiger partial charge in [0.05, 0.1) is 13.3 Å². The van der Waals surface area contributed by atoms with Crippen LogP contribution in [0.4, 0.5) is 0 Å². The van der Waals surface area contributed by atoms with E-state index >= 15 is 0 Å². The van der Waals surface area contributed by atoms with Gasteiger partial charge in [0, 0.05) is 11.6 Å². The molecule has 2 heteroatoms. The summed E-state index contributed by atoms with van der Waals surface area (Å²) in [6.07, 6.45) is 0. The van der Waals surface area contributed by atoms with Crippen molar-refractivity contribution < 1.29 is 4.74 Å². The second-order valence-electron chi connectivity index (χ2n) is 3.85. The van der Waals surface area contributed by atoms with E-state index in [4.69, 9.17) is 4.74 Å². The summed E-state index contributed by atoms with van der Waals surface area (Å²) in [6, 6.07) is 0.595. The van der Waals surface area contributed by atoms with E-state index in [1.54, 1.807) is 0 Å². The minimum absolute atomic E-state index is 0.244. The average molecular weight is 143 g/mol. The lowest BCUT2D eigenvalue weighted by Crippen LogP contribution is -2.44. The highest BCUT2D eigenvalue weighted by molar-refractivity contribution is 4.85. The molecule has 1 heterocycles. The Morgan fingerprint density at radius 2 is 2.00 bits per heavy atom. The van der Waals surface area contributed by atoms with Crippen molar-refractivity contribution in [3.05, 3.63) is 0 Å². The molecule has 60 valence electrons. The first kappa shape index (κ1) is 8.02. The maximum absolute atomic E-state index is 5.36. The standard InChI is InChI=1S/C8H17NO/c1-7(2)9-6-10-5-8(9,3)4/h7H,5-6H2,1-4H3. The zero-order valence-electron chi connectivity index (χ0n) is 7.35. The average Bonchev–Trinajstić information content (AvgIpc) is 2.08. The Labute approximate surface area is 63.2 Å².